The third kappa shape index (κ3) is 11.8. The van der Waals surface area contributed by atoms with Crippen molar-refractivity contribution in [2.45, 2.75) is 70.1 Å². The van der Waals surface area contributed by atoms with Crippen LogP contribution in [-0.2, 0) is 36.8 Å². The van der Waals surface area contributed by atoms with Crippen LogP contribution in [0, 0.1) is 11.7 Å². The summed E-state index contributed by atoms with van der Waals surface area (Å²) in [5.74, 6) is -2.81. The summed E-state index contributed by atoms with van der Waals surface area (Å²) < 4.78 is 18.7. The van der Waals surface area contributed by atoms with Crippen LogP contribution in [0.2, 0.25) is 5.02 Å². The van der Waals surface area contributed by atoms with Gasteiger partial charge >= 0.3 is 12.0 Å². The topological polar surface area (TPSA) is 155 Å². The minimum Gasteiger partial charge on any atom is -0.467 e. The number of nitrogens with one attached hydrogen (secondary N) is 5. The fourth-order valence-corrected chi connectivity index (χ4v) is 5.14. The average molecular weight is 658 g/mol. The van der Waals surface area contributed by atoms with Crippen LogP contribution in [0.15, 0.2) is 60.7 Å². The lowest BCUT2D eigenvalue weighted by Crippen LogP contribution is -2.58. The molecule has 0 saturated carbocycles. The van der Waals surface area contributed by atoms with Gasteiger partial charge in [-0.25, -0.2) is 14.0 Å². The molecule has 46 heavy (non-hydrogen) atoms. The molecule has 4 atom stereocenters. The van der Waals surface area contributed by atoms with Crippen molar-refractivity contribution in [3.63, 3.8) is 0 Å². The van der Waals surface area contributed by atoms with E-state index in [2.05, 4.69) is 26.6 Å². The maximum atomic E-state index is 13.9. The van der Waals surface area contributed by atoms with E-state index in [1.165, 1.54) is 31.4 Å². The number of carbonyl (C=O) groups is 5. The van der Waals surface area contributed by atoms with Gasteiger partial charge in [-0.1, -0.05) is 55.8 Å². The molecule has 1 heterocycles. The quantitative estimate of drug-likeness (QED) is 0.248. The highest BCUT2D eigenvalue weighted by atomic mass is 35.5. The van der Waals surface area contributed by atoms with E-state index in [9.17, 15) is 28.4 Å². The summed E-state index contributed by atoms with van der Waals surface area (Å²) in [5, 5.41) is 14.1. The Labute approximate surface area is 273 Å². The van der Waals surface area contributed by atoms with Crippen LogP contribution < -0.4 is 26.6 Å². The summed E-state index contributed by atoms with van der Waals surface area (Å²) in [5.41, 5.74) is 1.26. The number of urea groups is 1. The summed E-state index contributed by atoms with van der Waals surface area (Å²) in [7, 11) is 1.22. The second-order valence-electron chi connectivity index (χ2n) is 11.4. The molecule has 2 unspecified atom stereocenters. The first kappa shape index (κ1) is 36.0. The fraction of sp³-hybridized carbons (Fsp3) is 0.424. The second-order valence-corrected chi connectivity index (χ2v) is 11.8. The van der Waals surface area contributed by atoms with Crippen LogP contribution >= 0.6 is 11.6 Å². The van der Waals surface area contributed by atoms with Crippen molar-refractivity contribution in [2.24, 2.45) is 5.92 Å². The molecule has 1 aliphatic heterocycles. The van der Waals surface area contributed by atoms with Gasteiger partial charge in [-0.05, 0) is 67.0 Å². The molecule has 0 spiro atoms. The van der Waals surface area contributed by atoms with E-state index in [0.29, 0.717) is 35.5 Å². The van der Waals surface area contributed by atoms with Crippen molar-refractivity contribution in [1.29, 1.82) is 0 Å². The Morgan fingerprint density at radius 2 is 1.78 bits per heavy atom. The number of hydrogen-bond acceptors (Lipinski definition) is 6. The van der Waals surface area contributed by atoms with Crippen molar-refractivity contribution in [2.75, 3.05) is 13.7 Å². The zero-order valence-corrected chi connectivity index (χ0v) is 26.9. The maximum Gasteiger partial charge on any atom is 0.328 e. The molecule has 0 bridgehead atoms. The van der Waals surface area contributed by atoms with Gasteiger partial charge in [0.1, 0.15) is 23.9 Å². The van der Waals surface area contributed by atoms with Crippen LogP contribution in [0.25, 0.3) is 0 Å². The lowest BCUT2D eigenvalue weighted by Gasteiger charge is -2.26. The molecule has 0 fully saturated rings. The van der Waals surface area contributed by atoms with Gasteiger partial charge in [0.15, 0.2) is 0 Å². The third-order valence-corrected chi connectivity index (χ3v) is 7.60. The fourth-order valence-electron chi connectivity index (χ4n) is 4.93. The molecule has 0 radical (unpaired) electrons. The van der Waals surface area contributed by atoms with Crippen LogP contribution in [0.4, 0.5) is 9.18 Å². The van der Waals surface area contributed by atoms with E-state index in [0.717, 1.165) is 0 Å². The first-order valence-electron chi connectivity index (χ1n) is 15.2. The van der Waals surface area contributed by atoms with Crippen LogP contribution in [-0.4, -0.2) is 67.5 Å². The number of rotatable bonds is 10. The van der Waals surface area contributed by atoms with E-state index >= 15 is 0 Å². The Bertz CT molecular complexity index is 1420. The zero-order chi connectivity index (χ0) is 33.6. The Balaban J connectivity index is 1.83. The normalized spacial score (nSPS) is 18.6. The molecule has 11 nitrogen and oxygen atoms in total. The lowest BCUT2D eigenvalue weighted by molar-refractivity contribution is -0.144. The molecular formula is C33H41ClFN5O6. The van der Waals surface area contributed by atoms with Gasteiger partial charge in [0, 0.05) is 24.1 Å². The molecule has 248 valence electrons. The summed E-state index contributed by atoms with van der Waals surface area (Å²) in [6.45, 7) is 3.85. The number of ether oxygens (including phenoxy) is 1. The lowest BCUT2D eigenvalue weighted by atomic mass is 10.0. The minimum atomic E-state index is -1.15. The predicted molar refractivity (Wildman–Crippen MR) is 171 cm³/mol. The third-order valence-electron chi connectivity index (χ3n) is 7.36. The molecule has 2 aromatic carbocycles. The number of benzene rings is 2. The van der Waals surface area contributed by atoms with Crippen LogP contribution in [0.1, 0.15) is 44.2 Å². The highest BCUT2D eigenvalue weighted by molar-refractivity contribution is 6.30. The van der Waals surface area contributed by atoms with Crippen molar-refractivity contribution < 1.29 is 33.1 Å². The Morgan fingerprint density at radius 1 is 1.04 bits per heavy atom. The van der Waals surface area contributed by atoms with Gasteiger partial charge in [-0.3, -0.25) is 14.4 Å². The summed E-state index contributed by atoms with van der Waals surface area (Å²) in [4.78, 5) is 64.8. The predicted octanol–water partition coefficient (Wildman–Crippen LogP) is 2.96. The summed E-state index contributed by atoms with van der Waals surface area (Å²) >= 11 is 6.16. The average Bonchev–Trinajstić information content (AvgIpc) is 3.00. The Hall–Kier alpha value is -4.45. The molecule has 3 rings (SSSR count). The molecule has 0 saturated heterocycles. The van der Waals surface area contributed by atoms with Crippen LogP contribution in [0.3, 0.4) is 0 Å². The summed E-state index contributed by atoms with van der Waals surface area (Å²) in [6, 6.07) is 8.16. The first-order valence-corrected chi connectivity index (χ1v) is 15.5. The number of methoxy groups -OCH3 is 1. The molecule has 0 aliphatic carbocycles. The van der Waals surface area contributed by atoms with Gasteiger partial charge in [-0.15, -0.1) is 0 Å². The number of hydrogen-bond donors (Lipinski definition) is 5. The van der Waals surface area contributed by atoms with E-state index in [1.54, 1.807) is 50.2 Å². The van der Waals surface area contributed by atoms with Gasteiger partial charge in [0.25, 0.3) is 0 Å². The number of halogens is 2. The molecule has 2 aromatic rings. The van der Waals surface area contributed by atoms with Gasteiger partial charge in [-0.2, -0.15) is 0 Å². The van der Waals surface area contributed by atoms with Crippen molar-refractivity contribution >= 4 is 41.3 Å². The number of esters is 1. The van der Waals surface area contributed by atoms with Crippen molar-refractivity contribution in [1.82, 2.24) is 26.6 Å². The van der Waals surface area contributed by atoms with Gasteiger partial charge in [0.05, 0.1) is 13.2 Å². The standard InChI is InChI=1S/C33H41ClFN5O6/c1-20(2)29(32(44)46-3)40-33(45)39-27(19-21-8-6-10-23(34)16-21)31(43)38-26-12-4-5-15-36-28(41)14-13-25(37-30(26)42)18-22-9-7-11-24(35)17-22/h6-11,13-14,16-17,20,25-27,29H,4-5,12,15,18-19H2,1-3H3,(H,36,41)(H,37,42)(H,38,43)(H2,39,40,45)/t25-,26+,27?,29?/m1/s1. The summed E-state index contributed by atoms with van der Waals surface area (Å²) in [6.07, 6.45) is 4.39. The van der Waals surface area contributed by atoms with E-state index in [1.807, 2.05) is 0 Å². The highest BCUT2D eigenvalue weighted by Crippen LogP contribution is 2.14. The largest absolute Gasteiger partial charge is 0.467 e. The maximum absolute atomic E-state index is 13.9. The zero-order valence-electron chi connectivity index (χ0n) is 26.1. The van der Waals surface area contributed by atoms with E-state index in [-0.39, 0.29) is 31.1 Å². The Morgan fingerprint density at radius 3 is 2.48 bits per heavy atom. The van der Waals surface area contributed by atoms with Crippen molar-refractivity contribution in [3.8, 4) is 0 Å². The SMILES string of the molecule is COC(=O)C(NC(=O)NC(Cc1cccc(Cl)c1)C(=O)N[C@H]1CCCCNC(=O)C=C[C@H](Cc2cccc(F)c2)NC1=O)C(C)C. The molecule has 0 aromatic heterocycles. The van der Waals surface area contributed by atoms with Crippen molar-refractivity contribution in [3.05, 3.63) is 82.6 Å². The highest BCUT2D eigenvalue weighted by Gasteiger charge is 2.30. The molecular weight excluding hydrogens is 617 g/mol. The molecule has 5 N–H and O–H groups in total. The monoisotopic (exact) mass is 657 g/mol. The molecule has 13 heteroatoms. The molecule has 5 amide bonds. The first-order chi connectivity index (χ1) is 21.9. The van der Waals surface area contributed by atoms with E-state index in [4.69, 9.17) is 16.3 Å². The van der Waals surface area contributed by atoms with Gasteiger partial charge < -0.3 is 31.3 Å². The smallest absolute Gasteiger partial charge is 0.328 e. The van der Waals surface area contributed by atoms with Crippen LogP contribution in [0.5, 0.6) is 0 Å². The molecule has 1 aliphatic rings. The minimum absolute atomic E-state index is 0.0374. The van der Waals surface area contributed by atoms with E-state index < -0.39 is 53.8 Å². The number of amides is 5. The number of carbonyl (C=O) groups excluding carboxylic acids is 5. The second kappa shape index (κ2) is 17.9. The Kier molecular flexibility index (Phi) is 14.0. The van der Waals surface area contributed by atoms with Gasteiger partial charge in [0.2, 0.25) is 17.7 Å².